The fraction of sp³-hybridized carbons (Fsp3) is 0.600. The normalized spacial score (nSPS) is 10.7. The first kappa shape index (κ1) is 15.2. The van der Waals surface area contributed by atoms with E-state index in [4.69, 9.17) is 4.74 Å². The number of thioether (sulfide) groups is 1. The predicted molar refractivity (Wildman–Crippen MR) is 83.0 cm³/mol. The second-order valence-electron chi connectivity index (χ2n) is 4.77. The highest BCUT2D eigenvalue weighted by Gasteiger charge is 2.02. The number of nitrogens with one attached hydrogen (secondary N) is 1. The molecule has 1 aromatic carbocycles. The molecule has 18 heavy (non-hydrogen) atoms. The molecule has 0 saturated heterocycles. The van der Waals surface area contributed by atoms with Gasteiger partial charge in [0, 0.05) is 12.2 Å². The van der Waals surface area contributed by atoms with Crippen LogP contribution in [0.1, 0.15) is 32.3 Å². The minimum Gasteiger partial charge on any atom is -0.491 e. The van der Waals surface area contributed by atoms with Crippen molar-refractivity contribution < 1.29 is 4.74 Å². The highest BCUT2D eigenvalue weighted by Crippen LogP contribution is 2.22. The Bertz CT molecular complexity index is 352. The van der Waals surface area contributed by atoms with Crippen LogP contribution < -0.4 is 10.1 Å². The molecule has 0 radical (unpaired) electrons. The van der Waals surface area contributed by atoms with Crippen LogP contribution in [0.5, 0.6) is 5.75 Å². The average Bonchev–Trinajstić information content (AvgIpc) is 2.30. The summed E-state index contributed by atoms with van der Waals surface area (Å²) in [6.07, 6.45) is 4.90. The first-order valence-electron chi connectivity index (χ1n) is 6.63. The van der Waals surface area contributed by atoms with E-state index in [1.54, 1.807) is 0 Å². The van der Waals surface area contributed by atoms with Gasteiger partial charge in [-0.1, -0.05) is 0 Å². The van der Waals surface area contributed by atoms with Gasteiger partial charge in [-0.05, 0) is 69.4 Å². The van der Waals surface area contributed by atoms with Crippen LogP contribution in [0.3, 0.4) is 0 Å². The largest absolute Gasteiger partial charge is 0.491 e. The van der Waals surface area contributed by atoms with Crippen molar-refractivity contribution in [2.45, 2.75) is 39.7 Å². The molecule has 0 amide bonds. The molecule has 0 aliphatic carbocycles. The lowest BCUT2D eigenvalue weighted by atomic mass is 10.2. The molecule has 1 aromatic rings. The Hall–Kier alpha value is -0.830. The molecule has 1 rings (SSSR count). The number of ether oxygens (including phenoxy) is 1. The molecular formula is C15H25NOS. The van der Waals surface area contributed by atoms with Gasteiger partial charge in [0.05, 0.1) is 6.10 Å². The maximum absolute atomic E-state index is 5.68. The van der Waals surface area contributed by atoms with E-state index in [2.05, 4.69) is 30.6 Å². The van der Waals surface area contributed by atoms with Crippen LogP contribution in [0, 0.1) is 6.92 Å². The molecule has 102 valence electrons. The van der Waals surface area contributed by atoms with Crippen LogP contribution in [0.4, 0.5) is 5.69 Å². The van der Waals surface area contributed by atoms with Crippen molar-refractivity contribution in [1.29, 1.82) is 0 Å². The van der Waals surface area contributed by atoms with Crippen LogP contribution in [0.2, 0.25) is 0 Å². The van der Waals surface area contributed by atoms with E-state index in [9.17, 15) is 0 Å². The highest BCUT2D eigenvalue weighted by atomic mass is 32.2. The van der Waals surface area contributed by atoms with E-state index >= 15 is 0 Å². The van der Waals surface area contributed by atoms with Crippen LogP contribution in [-0.2, 0) is 0 Å². The molecule has 0 fully saturated rings. The molecule has 0 unspecified atom stereocenters. The third-order valence-electron chi connectivity index (χ3n) is 2.66. The Balaban J connectivity index is 2.42. The van der Waals surface area contributed by atoms with Gasteiger partial charge in [-0.2, -0.15) is 11.8 Å². The first-order chi connectivity index (χ1) is 8.63. The first-order valence-corrected chi connectivity index (χ1v) is 8.03. The van der Waals surface area contributed by atoms with Gasteiger partial charge < -0.3 is 10.1 Å². The SMILES string of the molecule is CSCCCCNc1ccc(OC(C)C)cc1C. The zero-order valence-corrected chi connectivity index (χ0v) is 12.8. The van der Waals surface area contributed by atoms with Crippen molar-refractivity contribution >= 4 is 17.4 Å². The average molecular weight is 267 g/mol. The second-order valence-corrected chi connectivity index (χ2v) is 5.76. The van der Waals surface area contributed by atoms with Crippen LogP contribution in [0.15, 0.2) is 18.2 Å². The summed E-state index contributed by atoms with van der Waals surface area (Å²) >= 11 is 1.91. The molecule has 2 nitrogen and oxygen atoms in total. The minimum atomic E-state index is 0.231. The lowest BCUT2D eigenvalue weighted by Gasteiger charge is -2.13. The van der Waals surface area contributed by atoms with E-state index in [0.29, 0.717) is 0 Å². The fourth-order valence-corrected chi connectivity index (χ4v) is 2.27. The van der Waals surface area contributed by atoms with Gasteiger partial charge in [-0.3, -0.25) is 0 Å². The van der Waals surface area contributed by atoms with Crippen molar-refractivity contribution in [3.8, 4) is 5.75 Å². The van der Waals surface area contributed by atoms with Crippen molar-refractivity contribution in [3.05, 3.63) is 23.8 Å². The number of benzene rings is 1. The monoisotopic (exact) mass is 267 g/mol. The lowest BCUT2D eigenvalue weighted by Crippen LogP contribution is -2.07. The van der Waals surface area contributed by atoms with Crippen molar-refractivity contribution in [2.75, 3.05) is 23.9 Å². The van der Waals surface area contributed by atoms with Gasteiger partial charge in [0.25, 0.3) is 0 Å². The maximum Gasteiger partial charge on any atom is 0.120 e. The van der Waals surface area contributed by atoms with Gasteiger partial charge in [-0.15, -0.1) is 0 Å². The predicted octanol–water partition coefficient (Wildman–Crippen LogP) is 4.34. The summed E-state index contributed by atoms with van der Waals surface area (Å²) in [4.78, 5) is 0. The summed E-state index contributed by atoms with van der Waals surface area (Å²) in [6, 6.07) is 6.25. The van der Waals surface area contributed by atoms with Gasteiger partial charge in [-0.25, -0.2) is 0 Å². The summed E-state index contributed by atoms with van der Waals surface area (Å²) in [7, 11) is 0. The third-order valence-corrected chi connectivity index (χ3v) is 3.36. The Morgan fingerprint density at radius 2 is 2.06 bits per heavy atom. The smallest absolute Gasteiger partial charge is 0.120 e. The van der Waals surface area contributed by atoms with Gasteiger partial charge in [0.2, 0.25) is 0 Å². The summed E-state index contributed by atoms with van der Waals surface area (Å²) in [5.41, 5.74) is 2.47. The van der Waals surface area contributed by atoms with Gasteiger partial charge >= 0.3 is 0 Å². The molecular weight excluding hydrogens is 242 g/mol. The summed E-state index contributed by atoms with van der Waals surface area (Å²) in [5, 5.41) is 3.49. The molecule has 0 bridgehead atoms. The van der Waals surface area contributed by atoms with E-state index in [1.165, 1.54) is 29.8 Å². The molecule has 3 heteroatoms. The number of anilines is 1. The molecule has 1 N–H and O–H groups in total. The number of unbranched alkanes of at least 4 members (excludes halogenated alkanes) is 1. The number of hydrogen-bond donors (Lipinski definition) is 1. The van der Waals surface area contributed by atoms with E-state index in [1.807, 2.05) is 31.7 Å². The van der Waals surface area contributed by atoms with E-state index in [-0.39, 0.29) is 6.10 Å². The Morgan fingerprint density at radius 3 is 2.67 bits per heavy atom. The quantitative estimate of drug-likeness (QED) is 0.708. The third kappa shape index (κ3) is 5.67. The maximum atomic E-state index is 5.68. The minimum absolute atomic E-state index is 0.231. The Morgan fingerprint density at radius 1 is 1.28 bits per heavy atom. The standard InChI is InChI=1S/C15H25NOS/c1-12(2)17-14-7-8-15(13(3)11-14)16-9-5-6-10-18-4/h7-8,11-12,16H,5-6,9-10H2,1-4H3. The summed E-state index contributed by atoms with van der Waals surface area (Å²) < 4.78 is 5.68. The zero-order valence-electron chi connectivity index (χ0n) is 12.0. The molecule has 0 aliphatic heterocycles. The summed E-state index contributed by atoms with van der Waals surface area (Å²) in [5.74, 6) is 2.21. The number of rotatable bonds is 8. The molecule has 0 heterocycles. The molecule has 0 spiro atoms. The second kappa shape index (κ2) is 8.30. The van der Waals surface area contributed by atoms with Crippen molar-refractivity contribution in [2.24, 2.45) is 0 Å². The number of aryl methyl sites for hydroxylation is 1. The van der Waals surface area contributed by atoms with Crippen LogP contribution in [-0.4, -0.2) is 24.7 Å². The van der Waals surface area contributed by atoms with E-state index < -0.39 is 0 Å². The molecule has 0 atom stereocenters. The molecule has 0 aliphatic rings. The lowest BCUT2D eigenvalue weighted by molar-refractivity contribution is 0.242. The Labute approximate surface area is 116 Å². The number of hydrogen-bond acceptors (Lipinski definition) is 3. The topological polar surface area (TPSA) is 21.3 Å². The van der Waals surface area contributed by atoms with Crippen molar-refractivity contribution in [3.63, 3.8) is 0 Å². The molecule has 0 aromatic heterocycles. The van der Waals surface area contributed by atoms with Crippen molar-refractivity contribution in [1.82, 2.24) is 0 Å². The highest BCUT2D eigenvalue weighted by molar-refractivity contribution is 7.98. The fourth-order valence-electron chi connectivity index (χ4n) is 1.77. The zero-order chi connectivity index (χ0) is 13.4. The van der Waals surface area contributed by atoms with Gasteiger partial charge in [0.1, 0.15) is 5.75 Å². The van der Waals surface area contributed by atoms with Crippen LogP contribution in [0.25, 0.3) is 0 Å². The summed E-state index contributed by atoms with van der Waals surface area (Å²) in [6.45, 7) is 7.27. The van der Waals surface area contributed by atoms with Gasteiger partial charge in [0.15, 0.2) is 0 Å². The van der Waals surface area contributed by atoms with E-state index in [0.717, 1.165) is 12.3 Å². The Kier molecular flexibility index (Phi) is 7.02. The van der Waals surface area contributed by atoms with Crippen LogP contribution >= 0.6 is 11.8 Å². The molecule has 0 saturated carbocycles.